The lowest BCUT2D eigenvalue weighted by Crippen LogP contribution is -2.50. The third-order valence-electron chi connectivity index (χ3n) is 4.88. The molecule has 4 rings (SSSR count). The van der Waals surface area contributed by atoms with Crippen LogP contribution >= 0.6 is 0 Å². The van der Waals surface area contributed by atoms with E-state index in [4.69, 9.17) is 0 Å². The van der Waals surface area contributed by atoms with Gasteiger partial charge in [-0.25, -0.2) is 23.5 Å². The summed E-state index contributed by atoms with van der Waals surface area (Å²) >= 11 is 0. The molecule has 1 fully saturated rings. The summed E-state index contributed by atoms with van der Waals surface area (Å²) in [6, 6.07) is 2.74. The molecular formula is C18H17F2N5O2. The van der Waals surface area contributed by atoms with Gasteiger partial charge in [0.15, 0.2) is 24.1 Å². The van der Waals surface area contributed by atoms with E-state index < -0.39 is 17.8 Å². The molecule has 0 aliphatic carbocycles. The fourth-order valence-corrected chi connectivity index (χ4v) is 3.46. The number of aromatic nitrogens is 2. The van der Waals surface area contributed by atoms with Gasteiger partial charge in [-0.3, -0.25) is 9.69 Å². The number of urea groups is 1. The van der Waals surface area contributed by atoms with E-state index in [0.717, 1.165) is 31.0 Å². The minimum Gasteiger partial charge on any atom is -0.331 e. The van der Waals surface area contributed by atoms with Crippen LogP contribution < -0.4 is 9.80 Å². The second-order valence-electron chi connectivity index (χ2n) is 6.53. The van der Waals surface area contributed by atoms with Crippen molar-refractivity contribution in [3.05, 3.63) is 36.0 Å². The summed E-state index contributed by atoms with van der Waals surface area (Å²) in [6.07, 6.45) is 2.99. The monoisotopic (exact) mass is 373 g/mol. The van der Waals surface area contributed by atoms with E-state index in [-0.39, 0.29) is 17.4 Å². The lowest BCUT2D eigenvalue weighted by atomic mass is 10.2. The van der Waals surface area contributed by atoms with Crippen LogP contribution in [0.5, 0.6) is 0 Å². The Labute approximate surface area is 154 Å². The summed E-state index contributed by atoms with van der Waals surface area (Å²) in [5.41, 5.74) is 0.283. The second-order valence-corrected chi connectivity index (χ2v) is 6.53. The number of benzene rings is 1. The van der Waals surface area contributed by atoms with Gasteiger partial charge in [0.1, 0.15) is 17.3 Å². The second kappa shape index (κ2) is 6.57. The third kappa shape index (κ3) is 2.79. The molecule has 27 heavy (non-hydrogen) atoms. The van der Waals surface area contributed by atoms with Gasteiger partial charge in [0.05, 0.1) is 11.8 Å². The van der Waals surface area contributed by atoms with Crippen LogP contribution in [0.2, 0.25) is 0 Å². The van der Waals surface area contributed by atoms with Crippen LogP contribution in [-0.2, 0) is 4.79 Å². The molecule has 1 aromatic carbocycles. The SMILES string of the molecule is CN1c2nc(-c3cc(F)ccc3F)ncc2N(C(=O)N2CCCC2)C1C=O. The first-order chi connectivity index (χ1) is 13.0. The Bertz CT molecular complexity index is 917. The molecule has 7 nitrogen and oxygen atoms in total. The standard InChI is InChI=1S/C18H17F2N5O2/c1-23-15(10-26)25(18(27)24-6-2-3-7-24)14-9-21-16(22-17(14)23)12-8-11(19)4-5-13(12)20/h4-5,8-10,15H,2-3,6-7H2,1H3. The first kappa shape index (κ1) is 17.3. The summed E-state index contributed by atoms with van der Waals surface area (Å²) in [5.74, 6) is -0.972. The van der Waals surface area contributed by atoms with Crippen molar-refractivity contribution in [1.29, 1.82) is 0 Å². The van der Waals surface area contributed by atoms with Crippen LogP contribution in [-0.4, -0.2) is 53.5 Å². The van der Waals surface area contributed by atoms with Crippen molar-refractivity contribution in [2.24, 2.45) is 0 Å². The zero-order valence-electron chi connectivity index (χ0n) is 14.6. The molecule has 1 saturated heterocycles. The van der Waals surface area contributed by atoms with Gasteiger partial charge in [0.25, 0.3) is 0 Å². The lowest BCUT2D eigenvalue weighted by Gasteiger charge is -2.28. The minimum atomic E-state index is -0.866. The summed E-state index contributed by atoms with van der Waals surface area (Å²) in [5, 5.41) is 0. The first-order valence-electron chi connectivity index (χ1n) is 8.60. The van der Waals surface area contributed by atoms with Gasteiger partial charge in [0, 0.05) is 20.1 Å². The highest BCUT2D eigenvalue weighted by Gasteiger charge is 2.41. The van der Waals surface area contributed by atoms with Gasteiger partial charge < -0.3 is 9.80 Å². The van der Waals surface area contributed by atoms with Crippen molar-refractivity contribution in [2.75, 3.05) is 29.9 Å². The zero-order valence-corrected chi connectivity index (χ0v) is 14.6. The number of aldehydes is 1. The van der Waals surface area contributed by atoms with Gasteiger partial charge in [-0.2, -0.15) is 0 Å². The predicted molar refractivity (Wildman–Crippen MR) is 94.3 cm³/mol. The number of nitrogens with zero attached hydrogens (tertiary/aromatic N) is 5. The number of carbonyl (C=O) groups excluding carboxylic acids is 2. The molecule has 0 spiro atoms. The Hall–Kier alpha value is -3.10. The smallest absolute Gasteiger partial charge is 0.326 e. The van der Waals surface area contributed by atoms with Gasteiger partial charge >= 0.3 is 6.03 Å². The average molecular weight is 373 g/mol. The number of halogens is 2. The zero-order chi connectivity index (χ0) is 19.1. The Morgan fingerprint density at radius 3 is 2.70 bits per heavy atom. The van der Waals surface area contributed by atoms with E-state index in [9.17, 15) is 18.4 Å². The van der Waals surface area contributed by atoms with E-state index in [2.05, 4.69) is 9.97 Å². The molecule has 3 heterocycles. The normalized spacial score (nSPS) is 18.8. The third-order valence-corrected chi connectivity index (χ3v) is 4.88. The molecule has 2 aliphatic rings. The van der Waals surface area contributed by atoms with E-state index in [1.165, 1.54) is 16.0 Å². The van der Waals surface area contributed by atoms with Crippen LogP contribution in [0.15, 0.2) is 24.4 Å². The highest BCUT2D eigenvalue weighted by Crippen LogP contribution is 2.38. The van der Waals surface area contributed by atoms with Crippen molar-refractivity contribution in [3.63, 3.8) is 0 Å². The molecular weight excluding hydrogens is 356 g/mol. The molecule has 1 aromatic heterocycles. The van der Waals surface area contributed by atoms with Crippen molar-refractivity contribution in [1.82, 2.24) is 14.9 Å². The Morgan fingerprint density at radius 1 is 1.26 bits per heavy atom. The van der Waals surface area contributed by atoms with E-state index in [0.29, 0.717) is 30.9 Å². The molecule has 2 aromatic rings. The molecule has 1 atom stereocenters. The number of hydrogen-bond donors (Lipinski definition) is 0. The van der Waals surface area contributed by atoms with Crippen molar-refractivity contribution in [3.8, 4) is 11.4 Å². The molecule has 0 N–H and O–H groups in total. The Morgan fingerprint density at radius 2 is 2.00 bits per heavy atom. The highest BCUT2D eigenvalue weighted by molar-refractivity contribution is 6.03. The maximum atomic E-state index is 14.1. The number of anilines is 2. The largest absolute Gasteiger partial charge is 0.331 e. The number of amides is 2. The van der Waals surface area contributed by atoms with E-state index >= 15 is 0 Å². The van der Waals surface area contributed by atoms with Gasteiger partial charge in [-0.15, -0.1) is 0 Å². The predicted octanol–water partition coefficient (Wildman–Crippen LogP) is 2.42. The van der Waals surface area contributed by atoms with Crippen LogP contribution in [0, 0.1) is 11.6 Å². The summed E-state index contributed by atoms with van der Waals surface area (Å²) in [6.45, 7) is 1.26. The number of hydrogen-bond acceptors (Lipinski definition) is 5. The number of likely N-dealkylation sites (N-methyl/N-ethyl adjacent to an activating group) is 1. The Balaban J connectivity index is 1.77. The fourth-order valence-electron chi connectivity index (χ4n) is 3.46. The maximum Gasteiger partial charge on any atom is 0.326 e. The maximum absolute atomic E-state index is 14.1. The lowest BCUT2D eigenvalue weighted by molar-refractivity contribution is -0.108. The molecule has 9 heteroatoms. The number of fused-ring (bicyclic) bond motifs is 1. The molecule has 0 saturated carbocycles. The number of carbonyl (C=O) groups is 2. The summed E-state index contributed by atoms with van der Waals surface area (Å²) in [4.78, 5) is 37.5. The highest BCUT2D eigenvalue weighted by atomic mass is 19.1. The molecule has 0 radical (unpaired) electrons. The summed E-state index contributed by atoms with van der Waals surface area (Å²) < 4.78 is 27.6. The van der Waals surface area contributed by atoms with Gasteiger partial charge in [0.2, 0.25) is 0 Å². The van der Waals surface area contributed by atoms with Crippen LogP contribution in [0.1, 0.15) is 12.8 Å². The van der Waals surface area contributed by atoms with E-state index in [1.807, 2.05) is 0 Å². The van der Waals surface area contributed by atoms with Crippen LogP contribution in [0.25, 0.3) is 11.4 Å². The van der Waals surface area contributed by atoms with Gasteiger partial charge in [-0.1, -0.05) is 0 Å². The fraction of sp³-hybridized carbons (Fsp3) is 0.333. The average Bonchev–Trinajstić information content (AvgIpc) is 3.30. The molecule has 2 amide bonds. The van der Waals surface area contributed by atoms with Crippen molar-refractivity contribution in [2.45, 2.75) is 19.0 Å². The van der Waals surface area contributed by atoms with Crippen LogP contribution in [0.4, 0.5) is 25.1 Å². The number of rotatable bonds is 2. The molecule has 2 aliphatic heterocycles. The summed E-state index contributed by atoms with van der Waals surface area (Å²) in [7, 11) is 1.62. The van der Waals surface area contributed by atoms with E-state index in [1.54, 1.807) is 11.9 Å². The topological polar surface area (TPSA) is 69.6 Å². The Kier molecular flexibility index (Phi) is 4.21. The molecule has 1 unspecified atom stereocenters. The first-order valence-corrected chi connectivity index (χ1v) is 8.60. The quantitative estimate of drug-likeness (QED) is 0.757. The molecule has 140 valence electrons. The number of likely N-dealkylation sites (tertiary alicyclic amines) is 1. The van der Waals surface area contributed by atoms with Crippen molar-refractivity contribution >= 4 is 23.8 Å². The van der Waals surface area contributed by atoms with Gasteiger partial charge in [-0.05, 0) is 31.0 Å². The molecule has 0 bridgehead atoms. The van der Waals surface area contributed by atoms with Crippen molar-refractivity contribution < 1.29 is 18.4 Å². The minimum absolute atomic E-state index is 0.0160. The van der Waals surface area contributed by atoms with Crippen LogP contribution in [0.3, 0.4) is 0 Å².